The molecule has 1 aliphatic heterocycles. The molecule has 7 heteroatoms. The first-order chi connectivity index (χ1) is 11.7. The first kappa shape index (κ1) is 19.1. The number of nitrogens with one attached hydrogen (secondary N) is 2. The highest BCUT2D eigenvalue weighted by Gasteiger charge is 2.11. The molecule has 0 aromatic carbocycles. The van der Waals surface area contributed by atoms with Crippen LogP contribution in [0.2, 0.25) is 0 Å². The standard InChI is InChI=1S/C17H32N6S/c1-4-18-17(21-14-16-20-13-15(2)24-16)19-7-5-9-23-10-6-8-22(3)11-12-23/h13H,4-12,14H2,1-3H3,(H2,18,19,21). The van der Waals surface area contributed by atoms with Gasteiger partial charge in [-0.3, -0.25) is 0 Å². The van der Waals surface area contributed by atoms with E-state index in [1.54, 1.807) is 11.3 Å². The second-order valence-electron chi connectivity index (χ2n) is 6.34. The number of nitrogens with zero attached hydrogens (tertiary/aromatic N) is 4. The van der Waals surface area contributed by atoms with E-state index in [4.69, 9.17) is 0 Å². The van der Waals surface area contributed by atoms with E-state index in [0.29, 0.717) is 6.54 Å². The van der Waals surface area contributed by atoms with Crippen LogP contribution in [0.4, 0.5) is 0 Å². The molecule has 0 unspecified atom stereocenters. The predicted octanol–water partition coefficient (Wildman–Crippen LogP) is 1.53. The second-order valence-corrected chi connectivity index (χ2v) is 7.66. The van der Waals surface area contributed by atoms with Gasteiger partial charge in [0.15, 0.2) is 5.96 Å². The molecule has 0 bridgehead atoms. The van der Waals surface area contributed by atoms with Crippen LogP contribution >= 0.6 is 11.3 Å². The van der Waals surface area contributed by atoms with Crippen molar-refractivity contribution in [3.63, 3.8) is 0 Å². The lowest BCUT2D eigenvalue weighted by atomic mass is 10.3. The Balaban J connectivity index is 1.69. The van der Waals surface area contributed by atoms with Gasteiger partial charge in [0.25, 0.3) is 0 Å². The van der Waals surface area contributed by atoms with Gasteiger partial charge in [0, 0.05) is 37.3 Å². The van der Waals surface area contributed by atoms with Crippen molar-refractivity contribution in [2.24, 2.45) is 4.99 Å². The number of likely N-dealkylation sites (N-methyl/N-ethyl adjacent to an activating group) is 1. The van der Waals surface area contributed by atoms with Gasteiger partial charge in [-0.1, -0.05) is 0 Å². The van der Waals surface area contributed by atoms with Crippen LogP contribution in [-0.2, 0) is 6.54 Å². The molecule has 2 heterocycles. The van der Waals surface area contributed by atoms with Gasteiger partial charge >= 0.3 is 0 Å². The van der Waals surface area contributed by atoms with Crippen LogP contribution in [0.3, 0.4) is 0 Å². The van der Waals surface area contributed by atoms with Crippen molar-refractivity contribution in [2.45, 2.75) is 33.2 Å². The van der Waals surface area contributed by atoms with E-state index in [2.05, 4.69) is 51.3 Å². The van der Waals surface area contributed by atoms with Gasteiger partial charge in [-0.15, -0.1) is 11.3 Å². The lowest BCUT2D eigenvalue weighted by Gasteiger charge is -2.20. The maximum absolute atomic E-state index is 4.63. The molecule has 0 atom stereocenters. The molecular formula is C17H32N6S. The summed E-state index contributed by atoms with van der Waals surface area (Å²) in [4.78, 5) is 15.2. The number of aromatic nitrogens is 1. The van der Waals surface area contributed by atoms with Gasteiger partial charge in [-0.2, -0.15) is 0 Å². The third kappa shape index (κ3) is 7.15. The first-order valence-electron chi connectivity index (χ1n) is 9.01. The third-order valence-electron chi connectivity index (χ3n) is 4.14. The molecule has 2 rings (SSSR count). The van der Waals surface area contributed by atoms with Gasteiger partial charge < -0.3 is 20.4 Å². The summed E-state index contributed by atoms with van der Waals surface area (Å²) in [5.74, 6) is 0.890. The molecular weight excluding hydrogens is 320 g/mol. The van der Waals surface area contributed by atoms with Crippen LogP contribution in [0.1, 0.15) is 29.7 Å². The van der Waals surface area contributed by atoms with E-state index in [-0.39, 0.29) is 0 Å². The van der Waals surface area contributed by atoms with Gasteiger partial charge in [-0.25, -0.2) is 9.98 Å². The molecule has 6 nitrogen and oxygen atoms in total. The fourth-order valence-corrected chi connectivity index (χ4v) is 3.51. The van der Waals surface area contributed by atoms with Crippen molar-refractivity contribution in [2.75, 3.05) is 52.9 Å². The molecule has 0 saturated carbocycles. The smallest absolute Gasteiger partial charge is 0.191 e. The number of aliphatic imine (C=N–C) groups is 1. The van der Waals surface area contributed by atoms with Crippen LogP contribution in [0.5, 0.6) is 0 Å². The molecule has 1 aliphatic rings. The van der Waals surface area contributed by atoms with Crippen LogP contribution in [0, 0.1) is 6.92 Å². The Kier molecular flexibility index (Phi) is 8.49. The Bertz CT molecular complexity index is 501. The Morgan fingerprint density at radius 2 is 2.17 bits per heavy atom. The van der Waals surface area contributed by atoms with E-state index in [1.165, 1.54) is 37.5 Å². The summed E-state index contributed by atoms with van der Waals surface area (Å²) < 4.78 is 0. The van der Waals surface area contributed by atoms with E-state index < -0.39 is 0 Å². The predicted molar refractivity (Wildman–Crippen MR) is 103 cm³/mol. The van der Waals surface area contributed by atoms with Gasteiger partial charge in [0.05, 0.1) is 6.54 Å². The van der Waals surface area contributed by atoms with Crippen LogP contribution < -0.4 is 10.6 Å². The molecule has 1 aromatic heterocycles. The summed E-state index contributed by atoms with van der Waals surface area (Å²) in [5.41, 5.74) is 0. The molecule has 0 radical (unpaired) electrons. The van der Waals surface area contributed by atoms with Crippen molar-refractivity contribution in [1.29, 1.82) is 0 Å². The SMILES string of the molecule is CCNC(=NCc1ncc(C)s1)NCCCN1CCCN(C)CC1. The fraction of sp³-hybridized carbons (Fsp3) is 0.765. The van der Waals surface area contributed by atoms with Crippen molar-refractivity contribution in [1.82, 2.24) is 25.4 Å². The topological polar surface area (TPSA) is 55.8 Å². The number of aryl methyl sites for hydroxylation is 1. The highest BCUT2D eigenvalue weighted by atomic mass is 32.1. The minimum atomic E-state index is 0.645. The monoisotopic (exact) mass is 352 g/mol. The van der Waals surface area contributed by atoms with Gasteiger partial charge in [-0.05, 0) is 53.4 Å². The maximum atomic E-state index is 4.63. The molecule has 0 aliphatic carbocycles. The average molecular weight is 353 g/mol. The van der Waals surface area contributed by atoms with E-state index >= 15 is 0 Å². The number of hydrogen-bond acceptors (Lipinski definition) is 5. The molecule has 2 N–H and O–H groups in total. The quantitative estimate of drug-likeness (QED) is 0.443. The van der Waals surface area contributed by atoms with Gasteiger partial charge in [0.2, 0.25) is 0 Å². The van der Waals surface area contributed by atoms with Crippen molar-refractivity contribution >= 4 is 17.3 Å². The zero-order chi connectivity index (χ0) is 17.2. The Labute approximate surface area is 150 Å². The molecule has 24 heavy (non-hydrogen) atoms. The summed E-state index contributed by atoms with van der Waals surface area (Å²) in [7, 11) is 2.22. The molecule has 136 valence electrons. The van der Waals surface area contributed by atoms with Crippen molar-refractivity contribution in [3.8, 4) is 0 Å². The number of hydrogen-bond donors (Lipinski definition) is 2. The number of rotatable bonds is 7. The van der Waals surface area contributed by atoms with Crippen LogP contribution in [-0.4, -0.2) is 73.6 Å². The lowest BCUT2D eigenvalue weighted by molar-refractivity contribution is 0.274. The average Bonchev–Trinajstić information content (AvgIpc) is 2.87. The highest BCUT2D eigenvalue weighted by Crippen LogP contribution is 2.11. The third-order valence-corrected chi connectivity index (χ3v) is 5.04. The lowest BCUT2D eigenvalue weighted by Crippen LogP contribution is -2.39. The van der Waals surface area contributed by atoms with Crippen LogP contribution in [0.25, 0.3) is 0 Å². The zero-order valence-electron chi connectivity index (χ0n) is 15.3. The zero-order valence-corrected chi connectivity index (χ0v) is 16.2. The van der Waals surface area contributed by atoms with Crippen molar-refractivity contribution < 1.29 is 0 Å². The Hall–Kier alpha value is -1.18. The fourth-order valence-electron chi connectivity index (χ4n) is 2.80. The Morgan fingerprint density at radius 3 is 2.92 bits per heavy atom. The molecule has 0 spiro atoms. The van der Waals surface area contributed by atoms with E-state index in [0.717, 1.165) is 37.0 Å². The molecule has 0 amide bonds. The maximum Gasteiger partial charge on any atom is 0.191 e. The minimum Gasteiger partial charge on any atom is -0.357 e. The van der Waals surface area contributed by atoms with Gasteiger partial charge in [0.1, 0.15) is 5.01 Å². The van der Waals surface area contributed by atoms with E-state index in [1.807, 2.05) is 6.20 Å². The normalized spacial score (nSPS) is 17.7. The summed E-state index contributed by atoms with van der Waals surface area (Å²) in [6.45, 7) is 12.6. The van der Waals surface area contributed by atoms with E-state index in [9.17, 15) is 0 Å². The van der Waals surface area contributed by atoms with Crippen LogP contribution in [0.15, 0.2) is 11.2 Å². The summed E-state index contributed by atoms with van der Waals surface area (Å²) >= 11 is 1.71. The Morgan fingerprint density at radius 1 is 1.29 bits per heavy atom. The summed E-state index contributed by atoms with van der Waals surface area (Å²) in [6.07, 6.45) is 4.33. The summed E-state index contributed by atoms with van der Waals surface area (Å²) in [6, 6.07) is 0. The minimum absolute atomic E-state index is 0.645. The van der Waals surface area contributed by atoms with Crippen molar-refractivity contribution in [3.05, 3.63) is 16.1 Å². The largest absolute Gasteiger partial charge is 0.357 e. The number of guanidine groups is 1. The molecule has 1 saturated heterocycles. The number of thiazole rings is 1. The molecule has 1 aromatic rings. The summed E-state index contributed by atoms with van der Waals surface area (Å²) in [5, 5.41) is 7.82. The highest BCUT2D eigenvalue weighted by molar-refractivity contribution is 7.11. The molecule has 1 fully saturated rings. The second kappa shape index (κ2) is 10.6. The first-order valence-corrected chi connectivity index (χ1v) is 9.83.